The lowest BCUT2D eigenvalue weighted by Crippen LogP contribution is -2.21. The molecule has 0 radical (unpaired) electrons. The predicted molar refractivity (Wildman–Crippen MR) is 84.7 cm³/mol. The number of rotatable bonds is 6. The van der Waals surface area contributed by atoms with E-state index in [9.17, 15) is 4.79 Å². The minimum absolute atomic E-state index is 0.116. The van der Waals surface area contributed by atoms with Crippen LogP contribution in [0.1, 0.15) is 34.8 Å². The van der Waals surface area contributed by atoms with E-state index in [0.717, 1.165) is 11.1 Å². The van der Waals surface area contributed by atoms with Crippen molar-refractivity contribution in [1.29, 1.82) is 0 Å². The van der Waals surface area contributed by atoms with Gasteiger partial charge in [0.15, 0.2) is 0 Å². The van der Waals surface area contributed by atoms with Crippen molar-refractivity contribution in [2.45, 2.75) is 26.4 Å². The zero-order chi connectivity index (χ0) is 15.9. The number of nitrogens with one attached hydrogen (secondary N) is 1. The minimum atomic E-state index is -0.452. The quantitative estimate of drug-likeness (QED) is 0.635. The number of benzene rings is 2. The molecule has 116 valence electrons. The number of hydroxylamine groups is 1. The fraction of sp³-hybridized carbons (Fsp3) is 0.278. The topological polar surface area (TPSA) is 58.6 Å². The molecule has 1 amide bonds. The molecule has 0 saturated carbocycles. The first-order valence-corrected chi connectivity index (χ1v) is 7.28. The first-order valence-electron chi connectivity index (χ1n) is 7.28. The van der Waals surface area contributed by atoms with E-state index in [2.05, 4.69) is 0 Å². The van der Waals surface area contributed by atoms with Crippen molar-refractivity contribution >= 4 is 5.91 Å². The largest absolute Gasteiger partial charge is 0.368 e. The Hall–Kier alpha value is -2.17. The summed E-state index contributed by atoms with van der Waals surface area (Å²) in [4.78, 5) is 11.1. The molecule has 0 aliphatic heterocycles. The zero-order valence-corrected chi connectivity index (χ0v) is 12.9. The van der Waals surface area contributed by atoms with Crippen molar-refractivity contribution < 1.29 is 14.7 Å². The molecule has 0 atom stereocenters. The van der Waals surface area contributed by atoms with E-state index in [1.807, 2.05) is 62.4 Å². The molecule has 22 heavy (non-hydrogen) atoms. The van der Waals surface area contributed by atoms with Crippen molar-refractivity contribution in [3.05, 3.63) is 70.8 Å². The summed E-state index contributed by atoms with van der Waals surface area (Å²) in [6, 6.07) is 16.3. The van der Waals surface area contributed by atoms with Crippen LogP contribution in [0.4, 0.5) is 0 Å². The molecule has 4 heteroatoms. The van der Waals surface area contributed by atoms with Crippen LogP contribution in [0.3, 0.4) is 0 Å². The van der Waals surface area contributed by atoms with E-state index in [-0.39, 0.29) is 19.1 Å². The lowest BCUT2D eigenvalue weighted by molar-refractivity contribution is -0.130. The summed E-state index contributed by atoms with van der Waals surface area (Å²) in [5, 5.41) is 8.54. The number of ether oxygens (including phenoxy) is 1. The Morgan fingerprint density at radius 3 is 1.86 bits per heavy atom. The van der Waals surface area contributed by atoms with Gasteiger partial charge in [-0.3, -0.25) is 10.0 Å². The Bertz CT molecular complexity index is 560. The molecule has 0 unspecified atom stereocenters. The third-order valence-corrected chi connectivity index (χ3v) is 3.50. The van der Waals surface area contributed by atoms with Gasteiger partial charge >= 0.3 is 0 Å². The van der Waals surface area contributed by atoms with Crippen molar-refractivity contribution in [1.82, 2.24) is 5.48 Å². The molecule has 0 saturated heterocycles. The normalized spacial score (nSPS) is 10.7. The highest BCUT2D eigenvalue weighted by molar-refractivity contribution is 5.74. The van der Waals surface area contributed by atoms with E-state index in [4.69, 9.17) is 9.94 Å². The van der Waals surface area contributed by atoms with Crippen LogP contribution < -0.4 is 5.48 Å². The van der Waals surface area contributed by atoms with Crippen LogP contribution in [-0.2, 0) is 9.53 Å². The number of hydrogen-bond acceptors (Lipinski definition) is 3. The van der Waals surface area contributed by atoms with Gasteiger partial charge in [0.2, 0.25) is 5.91 Å². The minimum Gasteiger partial charge on any atom is -0.368 e. The van der Waals surface area contributed by atoms with Gasteiger partial charge in [0.1, 0.15) is 6.10 Å². The van der Waals surface area contributed by atoms with E-state index in [0.29, 0.717) is 0 Å². The van der Waals surface area contributed by atoms with Gasteiger partial charge in [-0.1, -0.05) is 59.7 Å². The number of carbonyl (C=O) groups is 1. The SMILES string of the molecule is Cc1ccc(C(OCCC(=O)NO)c2ccc(C)cc2)cc1. The summed E-state index contributed by atoms with van der Waals surface area (Å²) in [5.74, 6) is -0.452. The fourth-order valence-electron chi connectivity index (χ4n) is 2.19. The molecule has 2 aromatic carbocycles. The average molecular weight is 299 g/mol. The van der Waals surface area contributed by atoms with Crippen LogP contribution in [0, 0.1) is 13.8 Å². The Morgan fingerprint density at radius 2 is 1.45 bits per heavy atom. The second kappa shape index (κ2) is 7.73. The molecule has 0 fully saturated rings. The maximum Gasteiger partial charge on any atom is 0.245 e. The first-order chi connectivity index (χ1) is 10.6. The van der Waals surface area contributed by atoms with Gasteiger partial charge < -0.3 is 4.74 Å². The summed E-state index contributed by atoms with van der Waals surface area (Å²) in [5.41, 5.74) is 6.07. The number of amides is 1. The van der Waals surface area contributed by atoms with E-state index >= 15 is 0 Å². The number of aryl methyl sites for hydroxylation is 2. The van der Waals surface area contributed by atoms with Gasteiger partial charge in [-0.25, -0.2) is 5.48 Å². The predicted octanol–water partition coefficient (Wildman–Crippen LogP) is 3.30. The van der Waals surface area contributed by atoms with E-state index in [1.165, 1.54) is 11.1 Å². The molecule has 4 nitrogen and oxygen atoms in total. The highest BCUT2D eigenvalue weighted by atomic mass is 16.5. The van der Waals surface area contributed by atoms with Gasteiger partial charge in [-0.05, 0) is 25.0 Å². The van der Waals surface area contributed by atoms with Gasteiger partial charge in [-0.15, -0.1) is 0 Å². The highest BCUT2D eigenvalue weighted by Crippen LogP contribution is 2.26. The molecular formula is C18H21NO3. The first kappa shape index (κ1) is 16.2. The Labute approximate surface area is 130 Å². The fourth-order valence-corrected chi connectivity index (χ4v) is 2.19. The maximum absolute atomic E-state index is 11.1. The monoisotopic (exact) mass is 299 g/mol. The van der Waals surface area contributed by atoms with Crippen LogP contribution in [0.25, 0.3) is 0 Å². The number of carbonyl (C=O) groups excluding carboxylic acids is 1. The second-order valence-electron chi connectivity index (χ2n) is 5.36. The van der Waals surface area contributed by atoms with E-state index in [1.54, 1.807) is 5.48 Å². The maximum atomic E-state index is 11.1. The zero-order valence-electron chi connectivity index (χ0n) is 12.9. The molecular weight excluding hydrogens is 278 g/mol. The smallest absolute Gasteiger partial charge is 0.245 e. The van der Waals surface area contributed by atoms with Crippen LogP contribution in [0.15, 0.2) is 48.5 Å². The summed E-state index contributed by atoms with van der Waals surface area (Å²) in [6.07, 6.45) is -0.113. The lowest BCUT2D eigenvalue weighted by Gasteiger charge is -2.19. The molecule has 0 spiro atoms. The summed E-state index contributed by atoms with van der Waals surface area (Å²) < 4.78 is 5.89. The van der Waals surface area contributed by atoms with Crippen molar-refractivity contribution in [3.8, 4) is 0 Å². The molecule has 0 aliphatic carbocycles. The molecule has 2 rings (SSSR count). The van der Waals surface area contributed by atoms with Crippen LogP contribution >= 0.6 is 0 Å². The molecule has 0 aliphatic rings. The summed E-state index contributed by atoms with van der Waals surface area (Å²) >= 11 is 0. The summed E-state index contributed by atoms with van der Waals surface area (Å²) in [6.45, 7) is 4.31. The molecule has 0 bridgehead atoms. The Kier molecular flexibility index (Phi) is 5.69. The van der Waals surface area contributed by atoms with Crippen molar-refractivity contribution in [2.24, 2.45) is 0 Å². The molecule has 2 N–H and O–H groups in total. The highest BCUT2D eigenvalue weighted by Gasteiger charge is 2.15. The van der Waals surface area contributed by atoms with Gasteiger partial charge in [-0.2, -0.15) is 0 Å². The summed E-state index contributed by atoms with van der Waals surface area (Å²) in [7, 11) is 0. The van der Waals surface area contributed by atoms with Gasteiger partial charge in [0.25, 0.3) is 0 Å². The molecule has 0 aromatic heterocycles. The third-order valence-electron chi connectivity index (χ3n) is 3.50. The Balaban J connectivity index is 2.18. The number of hydrogen-bond donors (Lipinski definition) is 2. The van der Waals surface area contributed by atoms with E-state index < -0.39 is 5.91 Å². The third kappa shape index (κ3) is 4.41. The second-order valence-corrected chi connectivity index (χ2v) is 5.36. The molecule has 2 aromatic rings. The Morgan fingerprint density at radius 1 is 1.00 bits per heavy atom. The van der Waals surface area contributed by atoms with Crippen molar-refractivity contribution in [3.63, 3.8) is 0 Å². The lowest BCUT2D eigenvalue weighted by atomic mass is 9.99. The van der Waals surface area contributed by atoms with Gasteiger partial charge in [0.05, 0.1) is 13.0 Å². The van der Waals surface area contributed by atoms with Crippen LogP contribution in [0.2, 0.25) is 0 Å². The van der Waals surface area contributed by atoms with Crippen LogP contribution in [0.5, 0.6) is 0 Å². The standard InChI is InChI=1S/C18H21NO3/c1-13-3-7-15(8-4-13)18(22-12-11-17(20)19-21)16-9-5-14(2)6-10-16/h3-10,18,21H,11-12H2,1-2H3,(H,19,20). The van der Waals surface area contributed by atoms with Crippen LogP contribution in [-0.4, -0.2) is 17.7 Å². The molecule has 0 heterocycles. The average Bonchev–Trinajstić information content (AvgIpc) is 2.53. The van der Waals surface area contributed by atoms with Gasteiger partial charge in [0, 0.05) is 0 Å². The van der Waals surface area contributed by atoms with Crippen molar-refractivity contribution in [2.75, 3.05) is 6.61 Å².